The minimum absolute atomic E-state index is 0.105. The van der Waals surface area contributed by atoms with Gasteiger partial charge in [0.1, 0.15) is 28.9 Å². The molecule has 0 radical (unpaired) electrons. The summed E-state index contributed by atoms with van der Waals surface area (Å²) >= 11 is 0. The second-order valence-corrected chi connectivity index (χ2v) is 5.79. The van der Waals surface area contributed by atoms with Crippen LogP contribution in [0.1, 0.15) is 11.3 Å². The summed E-state index contributed by atoms with van der Waals surface area (Å²) in [5.74, 6) is 1.52. The van der Waals surface area contributed by atoms with Crippen molar-refractivity contribution in [3.05, 3.63) is 35.6 Å². The third-order valence-corrected chi connectivity index (χ3v) is 4.90. The second kappa shape index (κ2) is 6.42. The summed E-state index contributed by atoms with van der Waals surface area (Å²) < 4.78 is 22.7. The zero-order chi connectivity index (χ0) is 16.4. The quantitative estimate of drug-likeness (QED) is 0.837. The maximum absolute atomic E-state index is 5.84. The minimum Gasteiger partial charge on any atom is -0.497 e. The molecule has 1 aliphatic rings. The summed E-state index contributed by atoms with van der Waals surface area (Å²) in [6, 6.07) is 5.73. The van der Waals surface area contributed by atoms with Gasteiger partial charge in [-0.3, -0.25) is 10.6 Å². The lowest BCUT2D eigenvalue weighted by Crippen LogP contribution is -2.60. The van der Waals surface area contributed by atoms with Crippen molar-refractivity contribution in [2.24, 2.45) is 0 Å². The Hall–Kier alpha value is -1.72. The molecule has 1 aliphatic carbocycles. The fraction of sp³-hybridized carbons (Fsp3) is 0.375. The molecule has 7 heteroatoms. The molecule has 6 nitrogen and oxygen atoms in total. The molecule has 0 amide bonds. The Morgan fingerprint density at radius 1 is 1.17 bits per heavy atom. The van der Waals surface area contributed by atoms with Crippen molar-refractivity contribution < 1.29 is 17.9 Å². The van der Waals surface area contributed by atoms with Gasteiger partial charge in [0, 0.05) is 18.1 Å². The van der Waals surface area contributed by atoms with Crippen LogP contribution in [0.3, 0.4) is 0 Å². The van der Waals surface area contributed by atoms with E-state index in [2.05, 4.69) is 10.6 Å². The molecule has 1 aromatic heterocycles. The second-order valence-electron chi connectivity index (χ2n) is 5.21. The average molecular weight is 336 g/mol. The van der Waals surface area contributed by atoms with Crippen LogP contribution in [0, 0.1) is 0 Å². The molecule has 0 aliphatic heterocycles. The molecule has 23 heavy (non-hydrogen) atoms. The topological polar surface area (TPSA) is 68.8 Å². The van der Waals surface area contributed by atoms with Crippen molar-refractivity contribution in [2.75, 3.05) is 28.3 Å². The van der Waals surface area contributed by atoms with E-state index in [1.54, 1.807) is 14.2 Å². The van der Waals surface area contributed by atoms with Crippen molar-refractivity contribution in [3.63, 3.8) is 0 Å². The van der Waals surface area contributed by atoms with E-state index in [0.29, 0.717) is 0 Å². The van der Waals surface area contributed by atoms with E-state index < -0.39 is 5.66 Å². The predicted molar refractivity (Wildman–Crippen MR) is 91.8 cm³/mol. The highest BCUT2D eigenvalue weighted by molar-refractivity contribution is 7.15. The zero-order valence-corrected chi connectivity index (χ0v) is 14.6. The third-order valence-electron chi connectivity index (χ3n) is 4.29. The number of ether oxygens (including phenoxy) is 2. The predicted octanol–water partition coefficient (Wildman–Crippen LogP) is 2.82. The lowest BCUT2D eigenvalue weighted by molar-refractivity contribution is 0.0355. The highest BCUT2D eigenvalue weighted by atomic mass is 31.1. The summed E-state index contributed by atoms with van der Waals surface area (Å²) in [7, 11) is 7.01. The van der Waals surface area contributed by atoms with Crippen LogP contribution in [0.25, 0.3) is 17.0 Å². The molecule has 2 aromatic rings. The average Bonchev–Trinajstić information content (AvgIpc) is 2.79. The number of benzene rings is 1. The van der Waals surface area contributed by atoms with E-state index in [1.165, 1.54) is 0 Å². The largest absolute Gasteiger partial charge is 0.497 e. The van der Waals surface area contributed by atoms with E-state index in [1.807, 2.05) is 44.4 Å². The zero-order valence-electron chi connectivity index (χ0n) is 13.6. The molecule has 1 aromatic carbocycles. The van der Waals surface area contributed by atoms with Crippen LogP contribution in [0.5, 0.6) is 5.75 Å². The smallest absolute Gasteiger partial charge is 0.201 e. The van der Waals surface area contributed by atoms with E-state index in [0.717, 1.165) is 28.0 Å². The van der Waals surface area contributed by atoms with Gasteiger partial charge in [-0.15, -0.1) is 0 Å². The molecule has 2 unspecified atom stereocenters. The fourth-order valence-corrected chi connectivity index (χ4v) is 3.68. The summed E-state index contributed by atoms with van der Waals surface area (Å²) in [4.78, 5) is 0. The van der Waals surface area contributed by atoms with Gasteiger partial charge in [-0.2, -0.15) is 0 Å². The van der Waals surface area contributed by atoms with Gasteiger partial charge in [-0.05, 0) is 44.4 Å². The van der Waals surface area contributed by atoms with Gasteiger partial charge < -0.3 is 17.9 Å². The monoisotopic (exact) mass is 336 g/mol. The van der Waals surface area contributed by atoms with Gasteiger partial charge in [-0.1, -0.05) is 0 Å². The molecule has 0 spiro atoms. The number of hydrogen-bond donors (Lipinski definition) is 2. The summed E-state index contributed by atoms with van der Waals surface area (Å²) in [5.41, 5.74) is 1.06. The number of rotatable bonds is 4. The standard InChI is InChI=1S/C16H21N2O4P/c1-17-16(18-2)14(20-4)8-7-13-15(16)11-9-10(19-3)5-6-12(11)21-23-22-13/h5-9,14,17-18,23H,1-4H3. The van der Waals surface area contributed by atoms with E-state index in [-0.39, 0.29) is 14.8 Å². The Bertz CT molecular complexity index is 768. The molecule has 1 heterocycles. The molecule has 2 atom stereocenters. The maximum Gasteiger partial charge on any atom is 0.201 e. The Kier molecular flexibility index (Phi) is 4.50. The lowest BCUT2D eigenvalue weighted by atomic mass is 9.85. The van der Waals surface area contributed by atoms with Gasteiger partial charge in [-0.25, -0.2) is 0 Å². The highest BCUT2D eigenvalue weighted by Crippen LogP contribution is 2.39. The van der Waals surface area contributed by atoms with Crippen LogP contribution < -0.4 is 15.4 Å². The molecule has 0 bridgehead atoms. The summed E-state index contributed by atoms with van der Waals surface area (Å²) in [5, 5.41) is 7.63. The number of fused-ring (bicyclic) bond motifs is 3. The fourth-order valence-electron chi connectivity index (χ4n) is 3.12. The van der Waals surface area contributed by atoms with Gasteiger partial charge in [0.15, 0.2) is 0 Å². The molecule has 0 saturated carbocycles. The number of hydrogen-bond acceptors (Lipinski definition) is 6. The van der Waals surface area contributed by atoms with E-state index in [4.69, 9.17) is 17.9 Å². The Morgan fingerprint density at radius 2 is 1.96 bits per heavy atom. The SMILES string of the molecule is CNC1(NC)c2c(o[pH]oc3ccc(OC)cc23)C=CC1OC. The van der Waals surface area contributed by atoms with Crippen molar-refractivity contribution in [1.82, 2.24) is 10.6 Å². The minimum atomic E-state index is -0.641. The van der Waals surface area contributed by atoms with Crippen molar-refractivity contribution in [3.8, 4) is 5.75 Å². The van der Waals surface area contributed by atoms with Gasteiger partial charge in [0.05, 0.1) is 7.11 Å². The summed E-state index contributed by atoms with van der Waals surface area (Å²) in [6.45, 7) is 0. The third kappa shape index (κ3) is 2.48. The molecule has 0 fully saturated rings. The van der Waals surface area contributed by atoms with Crippen molar-refractivity contribution in [1.29, 1.82) is 0 Å². The van der Waals surface area contributed by atoms with Gasteiger partial charge in [0.25, 0.3) is 0 Å². The highest BCUT2D eigenvalue weighted by Gasteiger charge is 2.43. The summed E-state index contributed by atoms with van der Waals surface area (Å²) in [6.07, 6.45) is 3.70. The first kappa shape index (κ1) is 16.1. The van der Waals surface area contributed by atoms with E-state index in [9.17, 15) is 0 Å². The number of methoxy groups -OCH3 is 2. The van der Waals surface area contributed by atoms with Crippen LogP contribution >= 0.6 is 8.67 Å². The maximum atomic E-state index is 5.84. The van der Waals surface area contributed by atoms with Crippen LogP contribution in [-0.2, 0) is 10.4 Å². The van der Waals surface area contributed by atoms with Crippen molar-refractivity contribution >= 4 is 25.7 Å². The molecule has 2 N–H and O–H groups in total. The lowest BCUT2D eigenvalue weighted by Gasteiger charge is -2.41. The van der Waals surface area contributed by atoms with Gasteiger partial charge >= 0.3 is 0 Å². The van der Waals surface area contributed by atoms with Crippen LogP contribution in [0.15, 0.2) is 32.7 Å². The first-order chi connectivity index (χ1) is 11.2. The van der Waals surface area contributed by atoms with E-state index >= 15 is 0 Å². The molecule has 124 valence electrons. The Morgan fingerprint density at radius 3 is 2.61 bits per heavy atom. The van der Waals surface area contributed by atoms with Crippen LogP contribution in [0.2, 0.25) is 0 Å². The molecule has 3 rings (SSSR count). The Balaban J connectivity index is 2.44. The molecular weight excluding hydrogens is 315 g/mol. The van der Waals surface area contributed by atoms with Gasteiger partial charge in [0.2, 0.25) is 8.67 Å². The normalized spacial score (nSPS) is 19.0. The Labute approximate surface area is 136 Å². The first-order valence-electron chi connectivity index (χ1n) is 7.30. The molecular formula is C16H21N2O4P. The van der Waals surface area contributed by atoms with Crippen LogP contribution in [-0.4, -0.2) is 34.4 Å². The van der Waals surface area contributed by atoms with Crippen molar-refractivity contribution in [2.45, 2.75) is 11.8 Å². The van der Waals surface area contributed by atoms with Crippen LogP contribution in [0.4, 0.5) is 0 Å². The first-order valence-corrected chi connectivity index (χ1v) is 8.12. The number of likely N-dealkylation sites (N-methyl/N-ethyl adjacent to an activating group) is 2. The molecule has 0 saturated heterocycles. The number of nitrogens with one attached hydrogen (secondary N) is 2.